The molecule has 0 unspecified atom stereocenters. The van der Waals surface area contributed by atoms with E-state index in [1.165, 1.54) is 18.2 Å². The van der Waals surface area contributed by atoms with E-state index >= 15 is 0 Å². The summed E-state index contributed by atoms with van der Waals surface area (Å²) in [6, 6.07) is 12.3. The maximum atomic E-state index is 12.4. The van der Waals surface area contributed by atoms with Crippen LogP contribution in [-0.4, -0.2) is 27.8 Å². The molecule has 0 saturated heterocycles. The van der Waals surface area contributed by atoms with Gasteiger partial charge in [0.2, 0.25) is 18.2 Å². The summed E-state index contributed by atoms with van der Waals surface area (Å²) in [6.07, 6.45) is 1.26. The minimum absolute atomic E-state index is 0.0633. The molecule has 1 aliphatic rings. The lowest BCUT2D eigenvalue weighted by molar-refractivity contribution is -0.113. The van der Waals surface area contributed by atoms with Crippen LogP contribution in [0.15, 0.2) is 58.2 Å². The number of rotatable bonds is 3. The van der Waals surface area contributed by atoms with Crippen molar-refractivity contribution in [3.8, 4) is 11.5 Å². The lowest BCUT2D eigenvalue weighted by Crippen LogP contribution is -2.19. The molecule has 0 radical (unpaired) electrons. The lowest BCUT2D eigenvalue weighted by Gasteiger charge is -2.17. The van der Waals surface area contributed by atoms with E-state index in [0.717, 1.165) is 10.5 Å². The Hall–Kier alpha value is -3.13. The number of amides is 2. The third kappa shape index (κ3) is 3.24. The summed E-state index contributed by atoms with van der Waals surface area (Å²) in [4.78, 5) is 24.9. The van der Waals surface area contributed by atoms with Crippen LogP contribution in [0.2, 0.25) is 0 Å². The average Bonchev–Trinajstić information content (AvgIpc) is 3.16. The first-order chi connectivity index (χ1) is 12.2. The van der Waals surface area contributed by atoms with Crippen LogP contribution in [0.25, 0.3) is 11.5 Å². The Kier molecular flexibility index (Phi) is 3.95. The van der Waals surface area contributed by atoms with Gasteiger partial charge in [0.1, 0.15) is 0 Å². The van der Waals surface area contributed by atoms with Crippen molar-refractivity contribution in [3.63, 3.8) is 0 Å². The van der Waals surface area contributed by atoms with Crippen molar-refractivity contribution in [2.45, 2.75) is 4.90 Å². The molecule has 2 aromatic carbocycles. The van der Waals surface area contributed by atoms with Crippen molar-refractivity contribution in [1.82, 2.24) is 10.2 Å². The van der Waals surface area contributed by atoms with Gasteiger partial charge in [-0.3, -0.25) is 9.59 Å². The van der Waals surface area contributed by atoms with Crippen LogP contribution in [0.4, 0.5) is 11.4 Å². The fourth-order valence-electron chi connectivity index (χ4n) is 2.42. The highest BCUT2D eigenvalue weighted by molar-refractivity contribution is 8.00. The molecule has 0 atom stereocenters. The highest BCUT2D eigenvalue weighted by Gasteiger charge is 2.17. The van der Waals surface area contributed by atoms with E-state index in [1.807, 2.05) is 6.07 Å². The van der Waals surface area contributed by atoms with E-state index in [1.54, 1.807) is 36.4 Å². The Morgan fingerprint density at radius 1 is 1.20 bits per heavy atom. The van der Waals surface area contributed by atoms with Gasteiger partial charge >= 0.3 is 0 Å². The summed E-state index contributed by atoms with van der Waals surface area (Å²) >= 11 is 1.46. The summed E-state index contributed by atoms with van der Waals surface area (Å²) in [5.41, 5.74) is 2.55. The van der Waals surface area contributed by atoms with Gasteiger partial charge in [-0.05, 0) is 42.5 Å². The molecule has 3 aromatic rings. The van der Waals surface area contributed by atoms with Gasteiger partial charge in [-0.2, -0.15) is 0 Å². The summed E-state index contributed by atoms with van der Waals surface area (Å²) in [7, 11) is 0. The van der Waals surface area contributed by atoms with E-state index in [4.69, 9.17) is 4.42 Å². The van der Waals surface area contributed by atoms with Gasteiger partial charge in [-0.1, -0.05) is 0 Å². The third-order valence-corrected chi connectivity index (χ3v) is 4.70. The van der Waals surface area contributed by atoms with E-state index in [9.17, 15) is 9.59 Å². The van der Waals surface area contributed by atoms with Crippen molar-refractivity contribution in [2.75, 3.05) is 16.4 Å². The molecule has 2 amide bonds. The first-order valence-electron chi connectivity index (χ1n) is 7.44. The van der Waals surface area contributed by atoms with E-state index in [0.29, 0.717) is 28.6 Å². The molecule has 4 rings (SSSR count). The van der Waals surface area contributed by atoms with Gasteiger partial charge in [0.15, 0.2) is 0 Å². The summed E-state index contributed by atoms with van der Waals surface area (Å²) in [6.45, 7) is 0. The number of hydrogen-bond donors (Lipinski definition) is 2. The van der Waals surface area contributed by atoms with Crippen LogP contribution >= 0.6 is 11.8 Å². The van der Waals surface area contributed by atoms with Crippen LogP contribution < -0.4 is 10.6 Å². The number of carbonyl (C=O) groups excluding carboxylic acids is 2. The van der Waals surface area contributed by atoms with E-state index in [-0.39, 0.29) is 11.8 Å². The number of nitrogens with zero attached hydrogens (tertiary/aromatic N) is 2. The van der Waals surface area contributed by atoms with E-state index < -0.39 is 0 Å². The minimum atomic E-state index is -0.252. The zero-order valence-electron chi connectivity index (χ0n) is 12.9. The topological polar surface area (TPSA) is 97.1 Å². The largest absolute Gasteiger partial charge is 0.423 e. The average molecular weight is 352 g/mol. The minimum Gasteiger partial charge on any atom is -0.423 e. The predicted molar refractivity (Wildman–Crippen MR) is 93.5 cm³/mol. The fraction of sp³-hybridized carbons (Fsp3) is 0.0588. The van der Waals surface area contributed by atoms with Crippen LogP contribution in [0, 0.1) is 0 Å². The molecule has 8 heteroatoms. The second-order valence-electron chi connectivity index (χ2n) is 5.32. The number of carbonyl (C=O) groups is 2. The van der Waals surface area contributed by atoms with Gasteiger partial charge in [0, 0.05) is 21.7 Å². The molecule has 25 heavy (non-hydrogen) atoms. The Morgan fingerprint density at radius 2 is 2.04 bits per heavy atom. The second-order valence-corrected chi connectivity index (χ2v) is 6.34. The van der Waals surface area contributed by atoms with E-state index in [2.05, 4.69) is 20.8 Å². The van der Waals surface area contributed by atoms with Crippen molar-refractivity contribution in [3.05, 3.63) is 54.4 Å². The summed E-state index contributed by atoms with van der Waals surface area (Å²) in [5.74, 6) is 0.496. The molecule has 0 fully saturated rings. The first kappa shape index (κ1) is 15.4. The SMILES string of the molecule is O=C1CSc2ccc(C(=O)Nc3ccc(-c4nnco4)cc3)cc2N1. The Bertz CT molecular complexity index is 939. The van der Waals surface area contributed by atoms with Crippen LogP contribution in [-0.2, 0) is 4.79 Å². The molecule has 0 bridgehead atoms. The zero-order chi connectivity index (χ0) is 17.2. The number of aromatic nitrogens is 2. The quantitative estimate of drug-likeness (QED) is 0.752. The van der Waals surface area contributed by atoms with Gasteiger partial charge in [-0.15, -0.1) is 22.0 Å². The normalized spacial score (nSPS) is 13.0. The molecular weight excluding hydrogens is 340 g/mol. The highest BCUT2D eigenvalue weighted by atomic mass is 32.2. The van der Waals surface area contributed by atoms with Crippen molar-refractivity contribution >= 4 is 35.0 Å². The number of fused-ring (bicyclic) bond motifs is 1. The molecule has 1 aliphatic heterocycles. The molecule has 2 heterocycles. The Balaban J connectivity index is 1.50. The maximum Gasteiger partial charge on any atom is 0.255 e. The van der Waals surface area contributed by atoms with Gasteiger partial charge in [-0.25, -0.2) is 0 Å². The van der Waals surface area contributed by atoms with Crippen molar-refractivity contribution in [2.24, 2.45) is 0 Å². The number of anilines is 2. The lowest BCUT2D eigenvalue weighted by atomic mass is 10.1. The Morgan fingerprint density at radius 3 is 2.80 bits per heavy atom. The number of hydrogen-bond acceptors (Lipinski definition) is 6. The number of thioether (sulfide) groups is 1. The molecule has 0 aliphatic carbocycles. The van der Waals surface area contributed by atoms with Gasteiger partial charge < -0.3 is 15.1 Å². The Labute approximate surface area is 146 Å². The van der Waals surface area contributed by atoms with Crippen molar-refractivity contribution in [1.29, 1.82) is 0 Å². The summed E-state index contributed by atoms with van der Waals surface area (Å²) in [5, 5.41) is 13.1. The second kappa shape index (κ2) is 6.40. The molecule has 1 aromatic heterocycles. The summed E-state index contributed by atoms with van der Waals surface area (Å²) < 4.78 is 5.13. The van der Waals surface area contributed by atoms with Crippen molar-refractivity contribution < 1.29 is 14.0 Å². The molecular formula is C17H12N4O3S. The van der Waals surface area contributed by atoms with Crippen LogP contribution in [0.3, 0.4) is 0 Å². The van der Waals surface area contributed by atoms with Gasteiger partial charge in [0.25, 0.3) is 5.91 Å². The van der Waals surface area contributed by atoms with Crippen LogP contribution in [0.1, 0.15) is 10.4 Å². The molecule has 7 nitrogen and oxygen atoms in total. The number of nitrogens with one attached hydrogen (secondary N) is 2. The first-order valence-corrected chi connectivity index (χ1v) is 8.42. The monoisotopic (exact) mass is 352 g/mol. The fourth-order valence-corrected chi connectivity index (χ4v) is 3.21. The zero-order valence-corrected chi connectivity index (χ0v) is 13.7. The smallest absolute Gasteiger partial charge is 0.255 e. The molecule has 124 valence electrons. The highest BCUT2D eigenvalue weighted by Crippen LogP contribution is 2.32. The maximum absolute atomic E-state index is 12.4. The standard InChI is InChI=1S/C17H12N4O3S/c22-15-8-25-14-6-3-11(7-13(14)20-15)16(23)19-12-4-1-10(2-5-12)17-21-18-9-24-17/h1-7,9H,8H2,(H,19,23)(H,20,22). The molecule has 0 saturated carbocycles. The van der Waals surface area contributed by atoms with Crippen LogP contribution in [0.5, 0.6) is 0 Å². The molecule has 2 N–H and O–H groups in total. The third-order valence-electron chi connectivity index (χ3n) is 3.62. The van der Waals surface area contributed by atoms with Gasteiger partial charge in [0.05, 0.1) is 11.4 Å². The predicted octanol–water partition coefficient (Wildman–Crippen LogP) is 3.03. The number of benzene rings is 2. The molecule has 0 spiro atoms.